The number of fused-ring (bicyclic) bond motifs is 1. The number of rotatable bonds is 1. The van der Waals surface area contributed by atoms with Crippen molar-refractivity contribution in [2.75, 3.05) is 6.61 Å². The molecule has 0 bridgehead atoms. The van der Waals surface area contributed by atoms with Crippen LogP contribution in [0.1, 0.15) is 61.7 Å². The van der Waals surface area contributed by atoms with Gasteiger partial charge in [0.05, 0.1) is 12.2 Å². The second-order valence-corrected chi connectivity index (χ2v) is 5.83. The Morgan fingerprint density at radius 2 is 2.22 bits per heavy atom. The Morgan fingerprint density at radius 3 is 3.00 bits per heavy atom. The number of ether oxygens (including phenoxy) is 1. The fourth-order valence-corrected chi connectivity index (χ4v) is 3.62. The second-order valence-electron chi connectivity index (χ2n) is 5.83. The first kappa shape index (κ1) is 12.2. The van der Waals surface area contributed by atoms with E-state index in [4.69, 9.17) is 4.74 Å². The van der Waals surface area contributed by atoms with E-state index in [1.807, 2.05) is 0 Å². The summed E-state index contributed by atoms with van der Waals surface area (Å²) in [6.07, 6.45) is 5.45. The van der Waals surface area contributed by atoms with Crippen LogP contribution in [0.25, 0.3) is 0 Å². The normalized spacial score (nSPS) is 32.3. The molecule has 3 nitrogen and oxygen atoms in total. The average molecular weight is 249 g/mol. The maximum atomic E-state index is 10.1. The standard InChI is InChI=1S/C15H23NO2/c1-10-8-13-14(4-3-5-15(13)17)16(10)12-6-7-18-11(2)9-12/h8,11-12,15,17H,3-7,9H2,1-2H3. The molecule has 0 saturated carbocycles. The topological polar surface area (TPSA) is 34.4 Å². The maximum Gasteiger partial charge on any atom is 0.0807 e. The first-order valence-electron chi connectivity index (χ1n) is 7.17. The zero-order valence-electron chi connectivity index (χ0n) is 11.4. The Labute approximate surface area is 109 Å². The Kier molecular flexibility index (Phi) is 3.20. The van der Waals surface area contributed by atoms with Crippen LogP contribution in [0.15, 0.2) is 6.07 Å². The van der Waals surface area contributed by atoms with E-state index in [2.05, 4.69) is 24.5 Å². The first-order chi connectivity index (χ1) is 8.66. The van der Waals surface area contributed by atoms with Crippen molar-refractivity contribution < 1.29 is 9.84 Å². The third-order valence-corrected chi connectivity index (χ3v) is 4.44. The third-order valence-electron chi connectivity index (χ3n) is 4.44. The van der Waals surface area contributed by atoms with Crippen LogP contribution in [0.5, 0.6) is 0 Å². The fourth-order valence-electron chi connectivity index (χ4n) is 3.62. The van der Waals surface area contributed by atoms with Crippen molar-refractivity contribution in [3.8, 4) is 0 Å². The number of aromatic nitrogens is 1. The van der Waals surface area contributed by atoms with E-state index in [-0.39, 0.29) is 6.10 Å². The van der Waals surface area contributed by atoms with Gasteiger partial charge in [0.15, 0.2) is 0 Å². The van der Waals surface area contributed by atoms with Gasteiger partial charge in [0, 0.05) is 29.6 Å². The quantitative estimate of drug-likeness (QED) is 0.830. The Balaban J connectivity index is 1.96. The maximum absolute atomic E-state index is 10.1. The molecule has 2 aliphatic rings. The monoisotopic (exact) mass is 249 g/mol. The summed E-state index contributed by atoms with van der Waals surface area (Å²) in [5.74, 6) is 0. The lowest BCUT2D eigenvalue weighted by atomic mass is 9.94. The van der Waals surface area contributed by atoms with E-state index in [1.54, 1.807) is 0 Å². The zero-order chi connectivity index (χ0) is 12.7. The molecule has 1 aliphatic carbocycles. The molecule has 3 atom stereocenters. The van der Waals surface area contributed by atoms with Gasteiger partial charge in [-0.3, -0.25) is 0 Å². The predicted octanol–water partition coefficient (Wildman–Crippen LogP) is 2.91. The third kappa shape index (κ3) is 1.99. The summed E-state index contributed by atoms with van der Waals surface area (Å²) in [5.41, 5.74) is 3.86. The van der Waals surface area contributed by atoms with Crippen molar-refractivity contribution in [3.05, 3.63) is 23.0 Å². The molecule has 3 unspecified atom stereocenters. The molecule has 1 aliphatic heterocycles. The van der Waals surface area contributed by atoms with E-state index in [0.717, 1.165) is 38.7 Å². The first-order valence-corrected chi connectivity index (χ1v) is 7.17. The van der Waals surface area contributed by atoms with Crippen LogP contribution in [0.2, 0.25) is 0 Å². The van der Waals surface area contributed by atoms with Crippen LogP contribution in [0.4, 0.5) is 0 Å². The molecule has 1 aromatic rings. The summed E-state index contributed by atoms with van der Waals surface area (Å²) in [6, 6.07) is 2.75. The lowest BCUT2D eigenvalue weighted by molar-refractivity contribution is 0.00497. The molecule has 3 rings (SSSR count). The molecule has 1 fully saturated rings. The van der Waals surface area contributed by atoms with Crippen molar-refractivity contribution in [2.24, 2.45) is 0 Å². The van der Waals surface area contributed by atoms with E-state index < -0.39 is 0 Å². The van der Waals surface area contributed by atoms with Crippen LogP contribution >= 0.6 is 0 Å². The van der Waals surface area contributed by atoms with Gasteiger partial charge in [0.1, 0.15) is 0 Å². The van der Waals surface area contributed by atoms with Crippen molar-refractivity contribution in [3.63, 3.8) is 0 Å². The molecule has 100 valence electrons. The summed E-state index contributed by atoms with van der Waals surface area (Å²) >= 11 is 0. The summed E-state index contributed by atoms with van der Waals surface area (Å²) < 4.78 is 8.13. The van der Waals surface area contributed by atoms with Crippen molar-refractivity contribution in [1.82, 2.24) is 4.57 Å². The van der Waals surface area contributed by atoms with E-state index >= 15 is 0 Å². The summed E-state index contributed by atoms with van der Waals surface area (Å²) in [6.45, 7) is 5.19. The van der Waals surface area contributed by atoms with E-state index in [0.29, 0.717) is 12.1 Å². The van der Waals surface area contributed by atoms with E-state index in [1.165, 1.54) is 17.0 Å². The minimum atomic E-state index is -0.244. The molecule has 1 N–H and O–H groups in total. The number of aliphatic hydroxyl groups is 1. The predicted molar refractivity (Wildman–Crippen MR) is 70.8 cm³/mol. The molecule has 18 heavy (non-hydrogen) atoms. The SMILES string of the molecule is Cc1cc2c(n1C1CCOC(C)C1)CCCC2O. The lowest BCUT2D eigenvalue weighted by Crippen LogP contribution is -2.27. The second kappa shape index (κ2) is 4.71. The lowest BCUT2D eigenvalue weighted by Gasteiger charge is -2.32. The van der Waals surface area contributed by atoms with Gasteiger partial charge in [-0.15, -0.1) is 0 Å². The Hall–Kier alpha value is -0.800. The Bertz CT molecular complexity index is 438. The summed E-state index contributed by atoms with van der Waals surface area (Å²) in [7, 11) is 0. The number of hydrogen-bond donors (Lipinski definition) is 1. The highest BCUT2D eigenvalue weighted by Gasteiger charge is 2.28. The minimum Gasteiger partial charge on any atom is -0.388 e. The molecule has 3 heteroatoms. The molecular formula is C15H23NO2. The van der Waals surface area contributed by atoms with Crippen LogP contribution in [-0.4, -0.2) is 22.4 Å². The van der Waals surface area contributed by atoms with Gasteiger partial charge in [-0.1, -0.05) is 0 Å². The molecular weight excluding hydrogens is 226 g/mol. The highest BCUT2D eigenvalue weighted by molar-refractivity contribution is 5.32. The van der Waals surface area contributed by atoms with Gasteiger partial charge in [0.25, 0.3) is 0 Å². The number of aliphatic hydroxyl groups excluding tert-OH is 1. The molecule has 0 amide bonds. The summed E-state index contributed by atoms with van der Waals surface area (Å²) in [5, 5.41) is 10.1. The van der Waals surface area contributed by atoms with E-state index in [9.17, 15) is 5.11 Å². The largest absolute Gasteiger partial charge is 0.388 e. The minimum absolute atomic E-state index is 0.244. The molecule has 2 heterocycles. The van der Waals surface area contributed by atoms with Gasteiger partial charge in [-0.2, -0.15) is 0 Å². The van der Waals surface area contributed by atoms with Crippen LogP contribution in [0, 0.1) is 6.92 Å². The van der Waals surface area contributed by atoms with Crippen molar-refractivity contribution in [1.29, 1.82) is 0 Å². The molecule has 1 aromatic heterocycles. The van der Waals surface area contributed by atoms with Crippen LogP contribution < -0.4 is 0 Å². The van der Waals surface area contributed by atoms with Crippen LogP contribution in [-0.2, 0) is 11.2 Å². The van der Waals surface area contributed by atoms with Crippen LogP contribution in [0.3, 0.4) is 0 Å². The number of hydrogen-bond acceptors (Lipinski definition) is 2. The Morgan fingerprint density at radius 1 is 1.39 bits per heavy atom. The smallest absolute Gasteiger partial charge is 0.0807 e. The molecule has 0 radical (unpaired) electrons. The fraction of sp³-hybridized carbons (Fsp3) is 0.733. The van der Waals surface area contributed by atoms with Gasteiger partial charge < -0.3 is 14.4 Å². The van der Waals surface area contributed by atoms with Gasteiger partial charge in [0.2, 0.25) is 0 Å². The van der Waals surface area contributed by atoms with Gasteiger partial charge in [-0.05, 0) is 52.0 Å². The highest BCUT2D eigenvalue weighted by atomic mass is 16.5. The number of aryl methyl sites for hydroxylation is 1. The molecule has 0 spiro atoms. The van der Waals surface area contributed by atoms with Gasteiger partial charge >= 0.3 is 0 Å². The zero-order valence-corrected chi connectivity index (χ0v) is 11.4. The van der Waals surface area contributed by atoms with Crippen molar-refractivity contribution >= 4 is 0 Å². The average Bonchev–Trinajstić information content (AvgIpc) is 2.67. The molecule has 1 saturated heterocycles. The molecule has 0 aromatic carbocycles. The van der Waals surface area contributed by atoms with Gasteiger partial charge in [-0.25, -0.2) is 0 Å². The van der Waals surface area contributed by atoms with Crippen molar-refractivity contribution in [2.45, 2.75) is 64.2 Å². The number of nitrogens with zero attached hydrogens (tertiary/aromatic N) is 1. The highest BCUT2D eigenvalue weighted by Crippen LogP contribution is 2.36. The summed E-state index contributed by atoms with van der Waals surface area (Å²) in [4.78, 5) is 0.